The highest BCUT2D eigenvalue weighted by Gasteiger charge is 2.11. The third-order valence-corrected chi connectivity index (χ3v) is 5.20. The minimum atomic E-state index is -0.384. The Bertz CT molecular complexity index is 950. The molecule has 28 heavy (non-hydrogen) atoms. The lowest BCUT2D eigenvalue weighted by atomic mass is 10.2. The van der Waals surface area contributed by atoms with E-state index in [1.54, 1.807) is 5.38 Å². The Morgan fingerprint density at radius 2 is 1.79 bits per heavy atom. The molecule has 0 saturated carbocycles. The van der Waals surface area contributed by atoms with Crippen LogP contribution in [-0.4, -0.2) is 21.8 Å². The predicted molar refractivity (Wildman–Crippen MR) is 108 cm³/mol. The summed E-state index contributed by atoms with van der Waals surface area (Å²) in [5, 5.41) is 7.43. The number of amides is 1. The van der Waals surface area contributed by atoms with E-state index in [4.69, 9.17) is 9.47 Å². The second kappa shape index (κ2) is 9.43. The van der Waals surface area contributed by atoms with Crippen LogP contribution in [0, 0.1) is 6.92 Å². The third kappa shape index (κ3) is 6.14. The minimum absolute atomic E-state index is 0.0580. The van der Waals surface area contributed by atoms with Crippen LogP contribution < -0.4 is 10.1 Å². The van der Waals surface area contributed by atoms with Gasteiger partial charge in [0, 0.05) is 17.7 Å². The number of nitrogens with one attached hydrogen (secondary N) is 1. The molecule has 0 unspecified atom stereocenters. The summed E-state index contributed by atoms with van der Waals surface area (Å²) in [6.07, 6.45) is 0.0870. The molecule has 3 aromatic rings. The second-order valence-corrected chi connectivity index (χ2v) is 7.80. The molecule has 0 aliphatic rings. The molecule has 146 valence electrons. The SMILES string of the molecule is CC(=O)Nc1nc(COC(=O)Cc2csc(COc3ccc(C)cc3)n2)cs1. The lowest BCUT2D eigenvalue weighted by Crippen LogP contribution is -2.09. The van der Waals surface area contributed by atoms with Gasteiger partial charge in [0.15, 0.2) is 5.13 Å². The van der Waals surface area contributed by atoms with Gasteiger partial charge in [0.1, 0.15) is 24.0 Å². The molecule has 2 aromatic heterocycles. The first-order chi connectivity index (χ1) is 13.5. The number of rotatable bonds is 8. The minimum Gasteiger partial charge on any atom is -0.486 e. The van der Waals surface area contributed by atoms with Gasteiger partial charge in [-0.1, -0.05) is 17.7 Å². The third-order valence-electron chi connectivity index (χ3n) is 3.52. The number of esters is 1. The maximum atomic E-state index is 12.0. The molecule has 9 heteroatoms. The molecule has 0 saturated heterocycles. The molecule has 0 aliphatic carbocycles. The number of hydrogen-bond acceptors (Lipinski definition) is 8. The summed E-state index contributed by atoms with van der Waals surface area (Å²) < 4.78 is 10.9. The molecule has 7 nitrogen and oxygen atoms in total. The Kier molecular flexibility index (Phi) is 6.72. The molecule has 3 rings (SSSR count). The fraction of sp³-hybridized carbons (Fsp3) is 0.263. The lowest BCUT2D eigenvalue weighted by Gasteiger charge is -2.04. The van der Waals surface area contributed by atoms with Gasteiger partial charge < -0.3 is 14.8 Å². The van der Waals surface area contributed by atoms with Crippen molar-refractivity contribution in [2.24, 2.45) is 0 Å². The van der Waals surface area contributed by atoms with E-state index in [1.165, 1.54) is 35.2 Å². The number of ether oxygens (including phenoxy) is 2. The molecule has 0 fully saturated rings. The largest absolute Gasteiger partial charge is 0.486 e. The van der Waals surface area contributed by atoms with Crippen LogP contribution in [0.25, 0.3) is 0 Å². The van der Waals surface area contributed by atoms with Crippen LogP contribution in [0.5, 0.6) is 5.75 Å². The Hall–Kier alpha value is -2.78. The summed E-state index contributed by atoms with van der Waals surface area (Å²) >= 11 is 2.72. The van der Waals surface area contributed by atoms with E-state index in [0.29, 0.717) is 23.1 Å². The van der Waals surface area contributed by atoms with Crippen molar-refractivity contribution in [3.05, 3.63) is 57.0 Å². The number of carbonyl (C=O) groups is 2. The predicted octanol–water partition coefficient (Wildman–Crippen LogP) is 3.73. The fourth-order valence-corrected chi connectivity index (χ4v) is 3.66. The maximum Gasteiger partial charge on any atom is 0.312 e. The molecule has 1 amide bonds. The summed E-state index contributed by atoms with van der Waals surface area (Å²) in [6.45, 7) is 3.84. The van der Waals surface area contributed by atoms with Crippen molar-refractivity contribution in [2.45, 2.75) is 33.5 Å². The van der Waals surface area contributed by atoms with Crippen molar-refractivity contribution in [2.75, 3.05) is 5.32 Å². The van der Waals surface area contributed by atoms with Crippen LogP contribution in [0.3, 0.4) is 0 Å². The molecule has 0 aliphatic heterocycles. The molecule has 0 radical (unpaired) electrons. The summed E-state index contributed by atoms with van der Waals surface area (Å²) in [5.41, 5.74) is 2.41. The Labute approximate surface area is 170 Å². The molecule has 1 N–H and O–H groups in total. The summed E-state index contributed by atoms with van der Waals surface area (Å²) in [7, 11) is 0. The maximum absolute atomic E-state index is 12.0. The number of benzene rings is 1. The number of nitrogens with zero attached hydrogens (tertiary/aromatic N) is 2. The van der Waals surface area contributed by atoms with Crippen LogP contribution in [0.2, 0.25) is 0 Å². The molecule has 2 heterocycles. The standard InChI is InChI=1S/C19H19N3O4S2/c1-12-3-5-16(6-4-12)25-9-17-21-14(10-27-17)7-18(24)26-8-15-11-28-19(22-15)20-13(2)23/h3-6,10-11H,7-9H2,1-2H3,(H,20,22,23). The number of carbonyl (C=O) groups excluding carboxylic acids is 2. The molecule has 1 aromatic carbocycles. The van der Waals surface area contributed by atoms with Gasteiger partial charge in [0.2, 0.25) is 5.91 Å². The van der Waals surface area contributed by atoms with E-state index in [0.717, 1.165) is 10.8 Å². The van der Waals surface area contributed by atoms with Gasteiger partial charge in [0.25, 0.3) is 0 Å². The van der Waals surface area contributed by atoms with E-state index >= 15 is 0 Å². The highest BCUT2D eigenvalue weighted by atomic mass is 32.1. The van der Waals surface area contributed by atoms with Gasteiger partial charge in [-0.25, -0.2) is 9.97 Å². The zero-order valence-electron chi connectivity index (χ0n) is 15.4. The number of aryl methyl sites for hydroxylation is 1. The lowest BCUT2D eigenvalue weighted by molar-refractivity contribution is -0.144. The van der Waals surface area contributed by atoms with Crippen LogP contribution in [0.1, 0.15) is 28.9 Å². The topological polar surface area (TPSA) is 90.4 Å². The number of anilines is 1. The van der Waals surface area contributed by atoms with E-state index in [1.807, 2.05) is 36.6 Å². The average molecular weight is 418 g/mol. The second-order valence-electron chi connectivity index (χ2n) is 6.00. The van der Waals surface area contributed by atoms with Crippen molar-refractivity contribution < 1.29 is 19.1 Å². The smallest absolute Gasteiger partial charge is 0.312 e. The fourth-order valence-electron chi connectivity index (χ4n) is 2.21. The Morgan fingerprint density at radius 1 is 1.04 bits per heavy atom. The van der Waals surface area contributed by atoms with E-state index in [2.05, 4.69) is 15.3 Å². The summed E-state index contributed by atoms with van der Waals surface area (Å²) in [5.74, 6) is 0.206. The number of aromatic nitrogens is 2. The van der Waals surface area contributed by atoms with Gasteiger partial charge in [0.05, 0.1) is 17.8 Å². The first-order valence-electron chi connectivity index (χ1n) is 8.48. The van der Waals surface area contributed by atoms with Gasteiger partial charge in [-0.05, 0) is 19.1 Å². The number of thiazole rings is 2. The highest BCUT2D eigenvalue weighted by Crippen LogP contribution is 2.18. The van der Waals surface area contributed by atoms with Crippen LogP contribution in [-0.2, 0) is 34.0 Å². The molecule has 0 atom stereocenters. The summed E-state index contributed by atoms with van der Waals surface area (Å²) in [4.78, 5) is 31.6. The molecular formula is C19H19N3O4S2. The zero-order valence-corrected chi connectivity index (χ0v) is 17.1. The van der Waals surface area contributed by atoms with E-state index in [-0.39, 0.29) is 24.9 Å². The Balaban J connectivity index is 1.43. The highest BCUT2D eigenvalue weighted by molar-refractivity contribution is 7.13. The molecular weight excluding hydrogens is 398 g/mol. The van der Waals surface area contributed by atoms with Gasteiger partial charge in [-0.15, -0.1) is 22.7 Å². The van der Waals surface area contributed by atoms with Gasteiger partial charge >= 0.3 is 5.97 Å². The normalized spacial score (nSPS) is 10.5. The van der Waals surface area contributed by atoms with Crippen LogP contribution in [0.4, 0.5) is 5.13 Å². The van der Waals surface area contributed by atoms with Crippen molar-refractivity contribution in [3.63, 3.8) is 0 Å². The van der Waals surface area contributed by atoms with Crippen molar-refractivity contribution >= 4 is 39.7 Å². The van der Waals surface area contributed by atoms with Crippen LogP contribution in [0.15, 0.2) is 35.0 Å². The first kappa shape index (κ1) is 20.0. The zero-order chi connectivity index (χ0) is 19.9. The Morgan fingerprint density at radius 3 is 2.54 bits per heavy atom. The molecule has 0 bridgehead atoms. The van der Waals surface area contributed by atoms with Gasteiger partial charge in [-0.3, -0.25) is 9.59 Å². The van der Waals surface area contributed by atoms with E-state index < -0.39 is 0 Å². The van der Waals surface area contributed by atoms with Crippen molar-refractivity contribution in [1.29, 1.82) is 0 Å². The summed E-state index contributed by atoms with van der Waals surface area (Å²) in [6, 6.07) is 7.80. The van der Waals surface area contributed by atoms with Crippen LogP contribution >= 0.6 is 22.7 Å². The monoisotopic (exact) mass is 417 g/mol. The number of hydrogen-bond donors (Lipinski definition) is 1. The van der Waals surface area contributed by atoms with Crippen molar-refractivity contribution in [1.82, 2.24) is 9.97 Å². The van der Waals surface area contributed by atoms with E-state index in [9.17, 15) is 9.59 Å². The van der Waals surface area contributed by atoms with Crippen molar-refractivity contribution in [3.8, 4) is 5.75 Å². The molecule has 0 spiro atoms. The van der Waals surface area contributed by atoms with Gasteiger partial charge in [-0.2, -0.15) is 0 Å². The quantitative estimate of drug-likeness (QED) is 0.562. The average Bonchev–Trinajstić information content (AvgIpc) is 3.28. The first-order valence-corrected chi connectivity index (χ1v) is 10.2.